The maximum Gasteiger partial charge on any atom is 1.00 e. The van der Waals surface area contributed by atoms with E-state index in [9.17, 15) is 4.79 Å². The first kappa shape index (κ1) is 14.3. The summed E-state index contributed by atoms with van der Waals surface area (Å²) in [5, 5.41) is 16.8. The molecular weight excluding hydrogens is 175 g/mol. The molecule has 0 aromatic rings. The van der Waals surface area contributed by atoms with Crippen LogP contribution < -0.4 is 51.4 Å². The van der Waals surface area contributed by atoms with Gasteiger partial charge < -0.3 is 16.4 Å². The number of hydrogen-bond donors (Lipinski definition) is 2. The Hall–Kier alpha value is 0.766. The molecule has 2 N–H and O–H groups in total. The summed E-state index contributed by atoms with van der Waals surface area (Å²) < 4.78 is 4.38. The second kappa shape index (κ2) is 8.86. The van der Waals surface area contributed by atoms with Crippen molar-refractivity contribution in [1.82, 2.24) is 0 Å². The van der Waals surface area contributed by atoms with Crippen molar-refractivity contribution in [2.75, 3.05) is 13.2 Å². The predicted molar refractivity (Wildman–Crippen MR) is 35.4 cm³/mol. The van der Waals surface area contributed by atoms with Crippen molar-refractivity contribution in [3.8, 4) is 0 Å². The van der Waals surface area contributed by atoms with E-state index >= 15 is 0 Å². The van der Waals surface area contributed by atoms with E-state index in [2.05, 4.69) is 11.3 Å². The van der Waals surface area contributed by atoms with Crippen molar-refractivity contribution in [2.24, 2.45) is 0 Å². The molecule has 0 heterocycles. The number of carbonyl (C=O) groups excluding carboxylic acids is 1. The van der Waals surface area contributed by atoms with Crippen molar-refractivity contribution < 1.29 is 72.6 Å². The Morgan fingerprint density at radius 1 is 1.82 bits per heavy atom. The van der Waals surface area contributed by atoms with E-state index in [0.717, 1.165) is 0 Å². The monoisotopic (exact) mass is 186 g/mol. The summed E-state index contributed by atoms with van der Waals surface area (Å²) in [6.07, 6.45) is -0.0536. The van der Waals surface area contributed by atoms with E-state index in [1.54, 1.807) is 0 Å². The van der Waals surface area contributed by atoms with Gasteiger partial charge in [-0.3, -0.25) is 0 Å². The molecule has 11 heavy (non-hydrogen) atoms. The second-order valence-corrected chi connectivity index (χ2v) is 1.62. The molecule has 0 bridgehead atoms. The summed E-state index contributed by atoms with van der Waals surface area (Å²) in [4.78, 5) is 10.5. The minimum absolute atomic E-state index is 0. The van der Waals surface area contributed by atoms with Crippen LogP contribution in [0.2, 0.25) is 0 Å². The molecule has 0 aromatic carbocycles. The van der Waals surface area contributed by atoms with Crippen molar-refractivity contribution >= 4 is 5.97 Å². The zero-order valence-electron chi connectivity index (χ0n) is 7.49. The van der Waals surface area contributed by atoms with Crippen LogP contribution in [-0.2, 0) is 9.53 Å². The molecule has 0 spiro atoms. The Morgan fingerprint density at radius 2 is 2.36 bits per heavy atom. The smallest absolute Gasteiger partial charge is 1.00 e. The van der Waals surface area contributed by atoms with Crippen LogP contribution in [0.15, 0.2) is 12.7 Å². The van der Waals surface area contributed by atoms with Gasteiger partial charge in [0, 0.05) is 0 Å². The third-order valence-corrected chi connectivity index (χ3v) is 0.788. The van der Waals surface area contributed by atoms with E-state index in [0.29, 0.717) is 0 Å². The molecule has 0 fully saturated rings. The van der Waals surface area contributed by atoms with E-state index in [1.165, 1.54) is 6.08 Å². The summed E-state index contributed by atoms with van der Waals surface area (Å²) in [6.45, 7) is 2.73. The number of aliphatic hydroxyl groups excluding tert-OH is 2. The van der Waals surface area contributed by atoms with Crippen LogP contribution in [0.4, 0.5) is 0 Å². The minimum atomic E-state index is -1.43. The van der Waals surface area contributed by atoms with Crippen LogP contribution in [0, 0.1) is 0 Å². The molecule has 0 radical (unpaired) electrons. The predicted octanol–water partition coefficient (Wildman–Crippen LogP) is -3.81. The zero-order valence-corrected chi connectivity index (χ0v) is 9.61. The fourth-order valence-electron chi connectivity index (χ4n) is 0.312. The molecule has 5 heteroatoms. The summed E-state index contributed by atoms with van der Waals surface area (Å²) in [5.74, 6) is -0.831. The number of esters is 1. The number of ether oxygens (including phenoxy) is 1. The normalized spacial score (nSPS) is 11.1. The van der Waals surface area contributed by atoms with Gasteiger partial charge in [-0.2, -0.15) is 0 Å². The number of hydrogen-bond acceptors (Lipinski definition) is 4. The first-order valence-electron chi connectivity index (χ1n) is 2.78. The molecule has 0 saturated heterocycles. The van der Waals surface area contributed by atoms with Gasteiger partial charge in [0.05, 0.1) is 6.61 Å². The second-order valence-electron chi connectivity index (χ2n) is 1.62. The van der Waals surface area contributed by atoms with E-state index in [-0.39, 0.29) is 59.4 Å². The summed E-state index contributed by atoms with van der Waals surface area (Å²) in [7, 11) is 0. The summed E-state index contributed by atoms with van der Waals surface area (Å²) >= 11 is 0. The Morgan fingerprint density at radius 3 is 2.73 bits per heavy atom. The van der Waals surface area contributed by atoms with Gasteiger partial charge in [0.2, 0.25) is 0 Å². The van der Waals surface area contributed by atoms with Gasteiger partial charge in [-0.25, -0.2) is 4.79 Å². The topological polar surface area (TPSA) is 66.8 Å². The molecule has 4 nitrogen and oxygen atoms in total. The van der Waals surface area contributed by atoms with Gasteiger partial charge in [-0.1, -0.05) is 12.7 Å². The van der Waals surface area contributed by atoms with Crippen LogP contribution in [0.1, 0.15) is 1.43 Å². The standard InChI is InChI=1S/C6H10O4.K.H/c1-2-3-10-6(9)5(8)4-7;;/h2,5,7-8H,1,3-4H2;;/q;+1;-1. The zero-order chi connectivity index (χ0) is 7.98. The molecule has 0 rings (SSSR count). The Labute approximate surface area is 109 Å². The molecule has 0 aliphatic heterocycles. The Balaban J connectivity index is -0.000000405. The van der Waals surface area contributed by atoms with Crippen molar-refractivity contribution in [2.45, 2.75) is 6.10 Å². The van der Waals surface area contributed by atoms with Gasteiger partial charge in [0.25, 0.3) is 0 Å². The fraction of sp³-hybridized carbons (Fsp3) is 0.500. The molecule has 0 saturated carbocycles. The number of aliphatic hydroxyl groups is 2. The maximum atomic E-state index is 10.5. The van der Waals surface area contributed by atoms with Gasteiger partial charge in [-0.15, -0.1) is 0 Å². The first-order chi connectivity index (χ1) is 4.72. The average molecular weight is 186 g/mol. The molecule has 0 aliphatic carbocycles. The summed E-state index contributed by atoms with van der Waals surface area (Å²) in [6, 6.07) is 0. The quantitative estimate of drug-likeness (QED) is 0.268. The van der Waals surface area contributed by atoms with Gasteiger partial charge in [-0.05, 0) is 0 Å². The SMILES string of the molecule is C=CCOC(=O)C(O)CO.[H-].[K+]. The maximum absolute atomic E-state index is 10.5. The molecule has 1 atom stereocenters. The van der Waals surface area contributed by atoms with Crippen LogP contribution in [-0.4, -0.2) is 35.5 Å². The van der Waals surface area contributed by atoms with E-state index < -0.39 is 18.7 Å². The third kappa shape index (κ3) is 7.14. The molecule has 0 amide bonds. The van der Waals surface area contributed by atoms with Crippen molar-refractivity contribution in [3.05, 3.63) is 12.7 Å². The van der Waals surface area contributed by atoms with E-state index in [1.807, 2.05) is 0 Å². The van der Waals surface area contributed by atoms with Crippen LogP contribution in [0.5, 0.6) is 0 Å². The van der Waals surface area contributed by atoms with Gasteiger partial charge in [0.1, 0.15) is 6.61 Å². The van der Waals surface area contributed by atoms with Crippen molar-refractivity contribution in [1.29, 1.82) is 0 Å². The third-order valence-electron chi connectivity index (χ3n) is 0.788. The molecule has 60 valence electrons. The average Bonchev–Trinajstić information content (AvgIpc) is 1.98. The Bertz CT molecular complexity index is 131. The van der Waals surface area contributed by atoms with Gasteiger partial charge in [0.15, 0.2) is 6.10 Å². The van der Waals surface area contributed by atoms with Crippen LogP contribution in [0.25, 0.3) is 0 Å². The molecule has 1 unspecified atom stereocenters. The van der Waals surface area contributed by atoms with Crippen LogP contribution >= 0.6 is 0 Å². The van der Waals surface area contributed by atoms with Gasteiger partial charge >= 0.3 is 57.4 Å². The number of rotatable bonds is 4. The van der Waals surface area contributed by atoms with E-state index in [4.69, 9.17) is 10.2 Å². The minimum Gasteiger partial charge on any atom is -1.00 e. The molecular formula is C6H11KO4. The summed E-state index contributed by atoms with van der Waals surface area (Å²) in [5.41, 5.74) is 0. The largest absolute Gasteiger partial charge is 1.00 e. The van der Waals surface area contributed by atoms with Crippen molar-refractivity contribution in [3.63, 3.8) is 0 Å². The van der Waals surface area contributed by atoms with Crippen LogP contribution in [0.3, 0.4) is 0 Å². The first-order valence-corrected chi connectivity index (χ1v) is 2.78. The molecule has 0 aliphatic rings. The Kier molecular flexibility index (Phi) is 11.5. The molecule has 0 aromatic heterocycles. The fourth-order valence-corrected chi connectivity index (χ4v) is 0.312. The number of carbonyl (C=O) groups is 1.